The summed E-state index contributed by atoms with van der Waals surface area (Å²) in [5.74, 6) is -0.249. The van der Waals surface area contributed by atoms with Gasteiger partial charge < -0.3 is 9.64 Å². The molecule has 0 bridgehead atoms. The Morgan fingerprint density at radius 3 is 2.71 bits per heavy atom. The first kappa shape index (κ1) is 15.5. The van der Waals surface area contributed by atoms with Gasteiger partial charge >= 0.3 is 5.97 Å². The van der Waals surface area contributed by atoms with Gasteiger partial charge in [-0.1, -0.05) is 18.2 Å². The molecule has 1 saturated heterocycles. The number of piperazine rings is 1. The van der Waals surface area contributed by atoms with E-state index >= 15 is 0 Å². The zero-order valence-electron chi connectivity index (χ0n) is 12.8. The van der Waals surface area contributed by atoms with E-state index in [1.54, 1.807) is 6.92 Å². The van der Waals surface area contributed by atoms with Gasteiger partial charge in [0.2, 0.25) is 5.91 Å². The summed E-state index contributed by atoms with van der Waals surface area (Å²) >= 11 is 0. The van der Waals surface area contributed by atoms with Gasteiger partial charge in [0.05, 0.1) is 19.2 Å². The molecule has 1 amide bonds. The highest BCUT2D eigenvalue weighted by atomic mass is 16.5. The summed E-state index contributed by atoms with van der Waals surface area (Å²) in [4.78, 5) is 27.8. The number of ether oxygens (including phenoxy) is 1. The Labute approximate surface area is 125 Å². The second-order valence-electron chi connectivity index (χ2n) is 5.23. The van der Waals surface area contributed by atoms with Gasteiger partial charge in [0.25, 0.3) is 0 Å². The third kappa shape index (κ3) is 3.42. The highest BCUT2D eigenvalue weighted by Gasteiger charge is 2.33. The Balaban J connectivity index is 2.08. The molecule has 1 aromatic rings. The van der Waals surface area contributed by atoms with Crippen LogP contribution < -0.4 is 4.90 Å². The summed E-state index contributed by atoms with van der Waals surface area (Å²) in [7, 11) is 0. The lowest BCUT2D eigenvalue weighted by Gasteiger charge is -2.39. The van der Waals surface area contributed by atoms with Crippen LogP contribution in [0, 0.1) is 6.92 Å². The molecule has 1 atom stereocenters. The van der Waals surface area contributed by atoms with Crippen molar-refractivity contribution in [2.45, 2.75) is 26.8 Å². The predicted molar refractivity (Wildman–Crippen MR) is 81.2 cm³/mol. The number of nitrogens with zero attached hydrogens (tertiary/aromatic N) is 2. The third-order valence-corrected chi connectivity index (χ3v) is 3.83. The molecule has 21 heavy (non-hydrogen) atoms. The Hall–Kier alpha value is -1.88. The molecule has 5 nitrogen and oxygen atoms in total. The Kier molecular flexibility index (Phi) is 4.96. The van der Waals surface area contributed by atoms with Crippen LogP contribution in [0.5, 0.6) is 0 Å². The van der Waals surface area contributed by atoms with Gasteiger partial charge in [-0.25, -0.2) is 0 Å². The van der Waals surface area contributed by atoms with Crippen LogP contribution in [0.4, 0.5) is 5.69 Å². The van der Waals surface area contributed by atoms with E-state index in [4.69, 9.17) is 4.74 Å². The lowest BCUT2D eigenvalue weighted by molar-refractivity contribution is -0.145. The maximum atomic E-state index is 12.6. The Bertz CT molecular complexity index is 530. The van der Waals surface area contributed by atoms with Crippen molar-refractivity contribution in [3.8, 4) is 0 Å². The van der Waals surface area contributed by atoms with Crippen LogP contribution in [-0.2, 0) is 14.3 Å². The van der Waals surface area contributed by atoms with E-state index in [1.807, 2.05) is 47.9 Å². The van der Waals surface area contributed by atoms with Gasteiger partial charge in [-0.05, 0) is 32.4 Å². The van der Waals surface area contributed by atoms with Crippen molar-refractivity contribution in [2.75, 3.05) is 31.1 Å². The summed E-state index contributed by atoms with van der Waals surface area (Å²) in [6, 6.07) is 7.54. The van der Waals surface area contributed by atoms with Crippen LogP contribution >= 0.6 is 0 Å². The van der Waals surface area contributed by atoms with Crippen LogP contribution in [-0.4, -0.2) is 49.1 Å². The first-order chi connectivity index (χ1) is 10.0. The number of esters is 1. The van der Waals surface area contributed by atoms with Gasteiger partial charge in [0, 0.05) is 18.8 Å². The predicted octanol–water partition coefficient (Wildman–Crippen LogP) is 1.60. The van der Waals surface area contributed by atoms with E-state index in [2.05, 4.69) is 0 Å². The smallest absolute Gasteiger partial charge is 0.320 e. The maximum absolute atomic E-state index is 12.6. The molecule has 1 aliphatic rings. The molecule has 0 N–H and O–H groups in total. The zero-order chi connectivity index (χ0) is 15.4. The summed E-state index contributed by atoms with van der Waals surface area (Å²) in [6.07, 6.45) is 0. The highest BCUT2D eigenvalue weighted by molar-refractivity contribution is 5.98. The lowest BCUT2D eigenvalue weighted by atomic mass is 10.1. The average Bonchev–Trinajstić information content (AvgIpc) is 2.46. The largest absolute Gasteiger partial charge is 0.465 e. The molecule has 1 heterocycles. The van der Waals surface area contributed by atoms with Gasteiger partial charge in [-0.3, -0.25) is 14.5 Å². The monoisotopic (exact) mass is 290 g/mol. The zero-order valence-corrected chi connectivity index (χ0v) is 12.8. The lowest BCUT2D eigenvalue weighted by Crippen LogP contribution is -2.57. The summed E-state index contributed by atoms with van der Waals surface area (Å²) in [5, 5.41) is 0. The van der Waals surface area contributed by atoms with Crippen molar-refractivity contribution in [3.63, 3.8) is 0 Å². The molecular weight excluding hydrogens is 268 g/mol. The average molecular weight is 290 g/mol. The van der Waals surface area contributed by atoms with Crippen molar-refractivity contribution in [2.24, 2.45) is 0 Å². The Morgan fingerprint density at radius 1 is 1.33 bits per heavy atom. The molecule has 114 valence electrons. The van der Waals surface area contributed by atoms with Crippen LogP contribution in [0.25, 0.3) is 0 Å². The summed E-state index contributed by atoms with van der Waals surface area (Å²) in [6.45, 7) is 7.41. The number of amides is 1. The molecular formula is C16H22N2O3. The fourth-order valence-corrected chi connectivity index (χ4v) is 2.61. The number of anilines is 1. The van der Waals surface area contributed by atoms with Crippen molar-refractivity contribution in [3.05, 3.63) is 29.8 Å². The van der Waals surface area contributed by atoms with Crippen molar-refractivity contribution < 1.29 is 14.3 Å². The molecule has 0 radical (unpaired) electrons. The minimum Gasteiger partial charge on any atom is -0.465 e. The molecule has 0 saturated carbocycles. The number of aryl methyl sites for hydroxylation is 1. The molecule has 5 heteroatoms. The van der Waals surface area contributed by atoms with Gasteiger partial charge in [-0.15, -0.1) is 0 Å². The molecule has 1 aromatic carbocycles. The number of para-hydroxylation sites is 1. The fourth-order valence-electron chi connectivity index (χ4n) is 2.61. The summed E-state index contributed by atoms with van der Waals surface area (Å²) in [5.41, 5.74) is 2.03. The quantitative estimate of drug-likeness (QED) is 0.790. The minimum absolute atomic E-state index is 0.0276. The molecule has 0 aliphatic carbocycles. The molecule has 0 unspecified atom stereocenters. The maximum Gasteiger partial charge on any atom is 0.320 e. The topological polar surface area (TPSA) is 49.9 Å². The second-order valence-corrected chi connectivity index (χ2v) is 5.23. The standard InChI is InChI=1S/C16H22N2O3/c1-4-21-15(19)11-17-9-10-18(16(20)13(17)3)14-8-6-5-7-12(14)2/h5-8,13H,4,9-11H2,1-3H3/t13-/m1/s1. The van der Waals surface area contributed by atoms with Crippen LogP contribution in [0.1, 0.15) is 19.4 Å². The molecule has 1 aliphatic heterocycles. The second kappa shape index (κ2) is 6.72. The van der Waals surface area contributed by atoms with E-state index in [1.165, 1.54) is 0 Å². The van der Waals surface area contributed by atoms with E-state index in [0.29, 0.717) is 19.7 Å². The first-order valence-corrected chi connectivity index (χ1v) is 7.31. The van der Waals surface area contributed by atoms with Crippen LogP contribution in [0.15, 0.2) is 24.3 Å². The number of rotatable bonds is 4. The van der Waals surface area contributed by atoms with Gasteiger partial charge in [0.15, 0.2) is 0 Å². The summed E-state index contributed by atoms with van der Waals surface area (Å²) < 4.78 is 4.95. The van der Waals surface area contributed by atoms with Crippen molar-refractivity contribution in [1.82, 2.24) is 4.90 Å². The van der Waals surface area contributed by atoms with Crippen LogP contribution in [0.2, 0.25) is 0 Å². The van der Waals surface area contributed by atoms with Crippen LogP contribution in [0.3, 0.4) is 0 Å². The fraction of sp³-hybridized carbons (Fsp3) is 0.500. The number of hydrogen-bond acceptors (Lipinski definition) is 4. The van der Waals surface area contributed by atoms with Crippen molar-refractivity contribution >= 4 is 17.6 Å². The molecule has 1 fully saturated rings. The number of benzene rings is 1. The number of carbonyl (C=O) groups is 2. The van der Waals surface area contributed by atoms with Gasteiger partial charge in [-0.2, -0.15) is 0 Å². The SMILES string of the molecule is CCOC(=O)CN1CCN(c2ccccc2C)C(=O)[C@H]1C. The Morgan fingerprint density at radius 2 is 2.05 bits per heavy atom. The van der Waals surface area contributed by atoms with E-state index in [9.17, 15) is 9.59 Å². The minimum atomic E-state index is -0.317. The third-order valence-electron chi connectivity index (χ3n) is 3.83. The van der Waals surface area contributed by atoms with E-state index in [-0.39, 0.29) is 24.5 Å². The first-order valence-electron chi connectivity index (χ1n) is 7.31. The highest BCUT2D eigenvalue weighted by Crippen LogP contribution is 2.23. The molecule has 0 aromatic heterocycles. The number of hydrogen-bond donors (Lipinski definition) is 0. The van der Waals surface area contributed by atoms with Gasteiger partial charge in [0.1, 0.15) is 0 Å². The van der Waals surface area contributed by atoms with E-state index in [0.717, 1.165) is 11.3 Å². The molecule has 2 rings (SSSR count). The number of carbonyl (C=O) groups excluding carboxylic acids is 2. The van der Waals surface area contributed by atoms with E-state index < -0.39 is 0 Å². The van der Waals surface area contributed by atoms with Crippen molar-refractivity contribution in [1.29, 1.82) is 0 Å². The normalized spacial score (nSPS) is 19.7. The molecule has 0 spiro atoms.